The van der Waals surface area contributed by atoms with Crippen LogP contribution < -0.4 is 0 Å². The van der Waals surface area contributed by atoms with Gasteiger partial charge in [0, 0.05) is 18.8 Å². The molecule has 0 amide bonds. The summed E-state index contributed by atoms with van der Waals surface area (Å²) in [6.07, 6.45) is 4.42. The molecule has 1 spiro atoms. The van der Waals surface area contributed by atoms with Crippen molar-refractivity contribution in [3.05, 3.63) is 0 Å². The lowest BCUT2D eigenvalue weighted by molar-refractivity contribution is -0.948. The van der Waals surface area contributed by atoms with E-state index in [0.29, 0.717) is 0 Å². The van der Waals surface area contributed by atoms with Gasteiger partial charge in [-0.3, -0.25) is 0 Å². The van der Waals surface area contributed by atoms with E-state index in [4.69, 9.17) is 0 Å². The molecule has 13 heavy (non-hydrogen) atoms. The number of hydrogen-bond donors (Lipinski definition) is 0. The Kier molecular flexibility index (Phi) is 2.39. The van der Waals surface area contributed by atoms with Crippen LogP contribution in [0.5, 0.6) is 0 Å². The van der Waals surface area contributed by atoms with E-state index in [1.807, 2.05) is 0 Å². The molecule has 2 fully saturated rings. The minimum atomic E-state index is 0.922. The lowest BCUT2D eigenvalue weighted by Gasteiger charge is -2.48. The molecule has 0 aromatic carbocycles. The summed E-state index contributed by atoms with van der Waals surface area (Å²) in [6.45, 7) is 11.8. The Morgan fingerprint density at radius 1 is 0.923 bits per heavy atom. The van der Waals surface area contributed by atoms with Gasteiger partial charge in [0.1, 0.15) is 0 Å². The quantitative estimate of drug-likeness (QED) is 0.505. The lowest BCUT2D eigenvalue weighted by Crippen LogP contribution is -2.59. The maximum Gasteiger partial charge on any atom is 0.0890 e. The van der Waals surface area contributed by atoms with Gasteiger partial charge in [-0.2, -0.15) is 0 Å². The number of rotatable bonds is 0. The summed E-state index contributed by atoms with van der Waals surface area (Å²) < 4.78 is 1.46. The summed E-state index contributed by atoms with van der Waals surface area (Å²) in [5.41, 5.74) is 0. The zero-order valence-electron chi connectivity index (χ0n) is 9.42. The van der Waals surface area contributed by atoms with Crippen molar-refractivity contribution in [1.82, 2.24) is 0 Å². The molecule has 2 aliphatic heterocycles. The number of piperidine rings is 1. The number of hydrogen-bond acceptors (Lipinski definition) is 0. The molecule has 0 saturated carbocycles. The maximum atomic E-state index is 2.49. The summed E-state index contributed by atoms with van der Waals surface area (Å²) >= 11 is 0. The van der Waals surface area contributed by atoms with Crippen LogP contribution in [0.1, 0.15) is 40.0 Å². The van der Waals surface area contributed by atoms with Gasteiger partial charge >= 0.3 is 0 Å². The second-order valence-electron chi connectivity index (χ2n) is 5.46. The van der Waals surface area contributed by atoms with E-state index in [1.165, 1.54) is 43.4 Å². The smallest absolute Gasteiger partial charge is 0.0890 e. The van der Waals surface area contributed by atoms with E-state index in [-0.39, 0.29) is 0 Å². The average Bonchev–Trinajstić information content (AvgIpc) is 2.59. The van der Waals surface area contributed by atoms with Crippen LogP contribution in [0.4, 0.5) is 0 Å². The standard InChI is InChI=1S/C12H24N/c1-10-6-9-13(7-4-5-8-13)12(3)11(10)2/h10-12H,4-9H2,1-3H3/q+1. The monoisotopic (exact) mass is 182 g/mol. The van der Waals surface area contributed by atoms with Crippen LogP contribution in [-0.2, 0) is 0 Å². The van der Waals surface area contributed by atoms with Crippen LogP contribution in [0.15, 0.2) is 0 Å². The first-order valence-corrected chi connectivity index (χ1v) is 6.01. The zero-order chi connectivity index (χ0) is 9.47. The fourth-order valence-electron chi connectivity index (χ4n) is 3.50. The minimum absolute atomic E-state index is 0.922. The third-order valence-electron chi connectivity index (χ3n) is 5.01. The molecule has 0 N–H and O–H groups in total. The molecule has 0 aromatic heterocycles. The van der Waals surface area contributed by atoms with Gasteiger partial charge in [0.05, 0.1) is 25.7 Å². The van der Waals surface area contributed by atoms with Gasteiger partial charge < -0.3 is 4.48 Å². The molecule has 3 atom stereocenters. The highest BCUT2D eigenvalue weighted by Crippen LogP contribution is 2.37. The van der Waals surface area contributed by atoms with Crippen molar-refractivity contribution in [2.24, 2.45) is 11.8 Å². The third kappa shape index (κ3) is 1.41. The number of nitrogens with zero attached hydrogens (tertiary/aromatic N) is 1. The first-order chi connectivity index (χ1) is 6.16. The molecule has 0 radical (unpaired) electrons. The van der Waals surface area contributed by atoms with Gasteiger partial charge in [0.25, 0.3) is 0 Å². The van der Waals surface area contributed by atoms with Crippen molar-refractivity contribution >= 4 is 0 Å². The van der Waals surface area contributed by atoms with Gasteiger partial charge in [-0.1, -0.05) is 13.8 Å². The van der Waals surface area contributed by atoms with Gasteiger partial charge in [0.15, 0.2) is 0 Å². The first-order valence-electron chi connectivity index (χ1n) is 6.01. The average molecular weight is 182 g/mol. The van der Waals surface area contributed by atoms with Gasteiger partial charge in [-0.25, -0.2) is 0 Å². The Balaban J connectivity index is 2.13. The van der Waals surface area contributed by atoms with E-state index in [9.17, 15) is 0 Å². The Hall–Kier alpha value is -0.0400. The molecule has 2 aliphatic rings. The molecule has 0 aromatic rings. The number of quaternary nitrogens is 1. The Morgan fingerprint density at radius 2 is 1.54 bits per heavy atom. The Labute approximate surface area is 82.7 Å². The molecular weight excluding hydrogens is 158 g/mol. The Morgan fingerprint density at radius 3 is 2.15 bits per heavy atom. The van der Waals surface area contributed by atoms with Gasteiger partial charge in [0.2, 0.25) is 0 Å². The SMILES string of the molecule is CC1CC[N+]2(CCCC2)C(C)C1C. The van der Waals surface area contributed by atoms with Crippen LogP contribution in [0.2, 0.25) is 0 Å². The zero-order valence-corrected chi connectivity index (χ0v) is 9.42. The Bertz CT molecular complexity index is 182. The fourth-order valence-corrected chi connectivity index (χ4v) is 3.50. The fraction of sp³-hybridized carbons (Fsp3) is 1.00. The summed E-state index contributed by atoms with van der Waals surface area (Å²) in [5.74, 6) is 1.89. The first kappa shape index (κ1) is 9.51. The van der Waals surface area contributed by atoms with Crippen molar-refractivity contribution in [3.8, 4) is 0 Å². The normalized spacial score (nSPS) is 44.1. The van der Waals surface area contributed by atoms with Crippen LogP contribution >= 0.6 is 0 Å². The molecule has 0 aliphatic carbocycles. The third-order valence-corrected chi connectivity index (χ3v) is 5.01. The second kappa shape index (κ2) is 3.27. The van der Waals surface area contributed by atoms with E-state index in [2.05, 4.69) is 20.8 Å². The highest BCUT2D eigenvalue weighted by molar-refractivity contribution is 4.76. The largest absolute Gasteiger partial charge is 0.321 e. The van der Waals surface area contributed by atoms with Crippen LogP contribution in [0.3, 0.4) is 0 Å². The predicted molar refractivity (Wildman–Crippen MR) is 56.5 cm³/mol. The van der Waals surface area contributed by atoms with Crippen LogP contribution in [-0.4, -0.2) is 30.2 Å². The molecule has 76 valence electrons. The van der Waals surface area contributed by atoms with Crippen molar-refractivity contribution in [2.75, 3.05) is 19.6 Å². The predicted octanol–water partition coefficient (Wildman–Crippen LogP) is 2.66. The molecule has 0 bridgehead atoms. The van der Waals surface area contributed by atoms with Gasteiger partial charge in [-0.05, 0) is 19.3 Å². The summed E-state index contributed by atoms with van der Waals surface area (Å²) in [7, 11) is 0. The van der Waals surface area contributed by atoms with E-state index < -0.39 is 0 Å². The van der Waals surface area contributed by atoms with Crippen molar-refractivity contribution < 1.29 is 4.48 Å². The molecule has 1 nitrogen and oxygen atoms in total. The molecule has 3 unspecified atom stereocenters. The molecular formula is C12H24N+. The van der Waals surface area contributed by atoms with E-state index >= 15 is 0 Å². The van der Waals surface area contributed by atoms with Gasteiger partial charge in [-0.15, -0.1) is 0 Å². The molecule has 1 heteroatoms. The lowest BCUT2D eigenvalue weighted by atomic mass is 9.81. The van der Waals surface area contributed by atoms with Crippen LogP contribution in [0, 0.1) is 11.8 Å². The van der Waals surface area contributed by atoms with E-state index in [0.717, 1.165) is 17.9 Å². The summed E-state index contributed by atoms with van der Waals surface area (Å²) in [4.78, 5) is 0. The maximum absolute atomic E-state index is 2.49. The van der Waals surface area contributed by atoms with E-state index in [1.54, 1.807) is 0 Å². The summed E-state index contributed by atoms with van der Waals surface area (Å²) in [6, 6.07) is 0.922. The van der Waals surface area contributed by atoms with Crippen molar-refractivity contribution in [2.45, 2.75) is 46.1 Å². The topological polar surface area (TPSA) is 0 Å². The highest BCUT2D eigenvalue weighted by Gasteiger charge is 2.44. The molecule has 2 saturated heterocycles. The van der Waals surface area contributed by atoms with Crippen LogP contribution in [0.25, 0.3) is 0 Å². The second-order valence-corrected chi connectivity index (χ2v) is 5.46. The van der Waals surface area contributed by atoms with Crippen molar-refractivity contribution in [3.63, 3.8) is 0 Å². The highest BCUT2D eigenvalue weighted by atomic mass is 15.4. The molecule has 2 rings (SSSR count). The summed E-state index contributed by atoms with van der Waals surface area (Å²) in [5, 5.41) is 0. The molecule has 2 heterocycles. The van der Waals surface area contributed by atoms with Crippen molar-refractivity contribution in [1.29, 1.82) is 0 Å². The minimum Gasteiger partial charge on any atom is -0.321 e.